The van der Waals surface area contributed by atoms with Crippen LogP contribution in [0.4, 0.5) is 0 Å². The zero-order valence-corrected chi connectivity index (χ0v) is 12.8. The molecular weight excluding hydrogens is 268 g/mol. The van der Waals surface area contributed by atoms with Crippen molar-refractivity contribution in [1.29, 1.82) is 5.26 Å². The molecule has 0 N–H and O–H groups in total. The van der Waals surface area contributed by atoms with E-state index in [1.54, 1.807) is 0 Å². The molecule has 0 aliphatic carbocycles. The van der Waals surface area contributed by atoms with E-state index in [2.05, 4.69) is 37.0 Å². The van der Waals surface area contributed by atoms with Crippen molar-refractivity contribution in [3.8, 4) is 11.8 Å². The van der Waals surface area contributed by atoms with E-state index in [1.165, 1.54) is 16.9 Å². The van der Waals surface area contributed by atoms with Crippen molar-refractivity contribution in [2.45, 2.75) is 33.1 Å². The van der Waals surface area contributed by atoms with Gasteiger partial charge in [0.1, 0.15) is 16.7 Å². The second-order valence-corrected chi connectivity index (χ2v) is 6.04. The van der Waals surface area contributed by atoms with Crippen molar-refractivity contribution in [2.24, 2.45) is 0 Å². The fourth-order valence-electron chi connectivity index (χ4n) is 1.88. The number of nitrogens with zero attached hydrogens (tertiary/aromatic N) is 2. The van der Waals surface area contributed by atoms with Gasteiger partial charge in [0.2, 0.25) is 0 Å². The molecular formula is C16H18N2OS. The lowest BCUT2D eigenvalue weighted by Gasteiger charge is -2.09. The molecule has 1 aromatic heterocycles. The molecule has 0 amide bonds. The Morgan fingerprint density at radius 2 is 2.20 bits per heavy atom. The Balaban J connectivity index is 1.92. The number of aryl methyl sites for hydroxylation is 1. The molecule has 2 rings (SSSR count). The van der Waals surface area contributed by atoms with Gasteiger partial charge in [0.25, 0.3) is 0 Å². The monoisotopic (exact) mass is 286 g/mol. The largest absolute Gasteiger partial charge is 0.493 e. The summed E-state index contributed by atoms with van der Waals surface area (Å²) in [6.45, 7) is 6.78. The van der Waals surface area contributed by atoms with Crippen molar-refractivity contribution < 1.29 is 4.74 Å². The molecule has 1 heterocycles. The average Bonchev–Trinajstić information content (AvgIpc) is 2.79. The van der Waals surface area contributed by atoms with Crippen LogP contribution in [-0.4, -0.2) is 11.6 Å². The summed E-state index contributed by atoms with van der Waals surface area (Å²) in [4.78, 5) is 5.07. The predicted octanol–water partition coefficient (Wildman–Crippen LogP) is 4.07. The average molecular weight is 286 g/mol. The number of benzene rings is 1. The molecule has 4 heteroatoms. The third kappa shape index (κ3) is 3.58. The van der Waals surface area contributed by atoms with E-state index in [9.17, 15) is 0 Å². The quantitative estimate of drug-likeness (QED) is 0.832. The number of rotatable bonds is 5. The zero-order valence-electron chi connectivity index (χ0n) is 12.0. The van der Waals surface area contributed by atoms with Gasteiger partial charge in [-0.3, -0.25) is 0 Å². The predicted molar refractivity (Wildman–Crippen MR) is 81.3 cm³/mol. The van der Waals surface area contributed by atoms with Gasteiger partial charge in [-0.15, -0.1) is 11.3 Å². The Labute approximate surface area is 123 Å². The molecule has 104 valence electrons. The molecule has 0 spiro atoms. The Morgan fingerprint density at radius 1 is 1.40 bits per heavy atom. The van der Waals surface area contributed by atoms with Crippen LogP contribution in [0.1, 0.15) is 40.9 Å². The molecule has 0 radical (unpaired) electrons. The van der Waals surface area contributed by atoms with Crippen LogP contribution in [0.15, 0.2) is 24.3 Å². The Hall–Kier alpha value is -1.86. The summed E-state index contributed by atoms with van der Waals surface area (Å²) in [5.74, 6) is 1.39. The number of ether oxygens (including phenoxy) is 1. The van der Waals surface area contributed by atoms with Crippen molar-refractivity contribution >= 4 is 11.3 Å². The van der Waals surface area contributed by atoms with Crippen LogP contribution in [0.3, 0.4) is 0 Å². The van der Waals surface area contributed by atoms with E-state index in [0.29, 0.717) is 17.4 Å². The number of hydrogen-bond acceptors (Lipinski definition) is 4. The molecule has 0 aliphatic heterocycles. The highest BCUT2D eigenvalue weighted by atomic mass is 32.1. The summed E-state index contributed by atoms with van der Waals surface area (Å²) < 4.78 is 5.77. The summed E-state index contributed by atoms with van der Waals surface area (Å²) in [6, 6.07) is 10.3. The van der Waals surface area contributed by atoms with Gasteiger partial charge >= 0.3 is 0 Å². The maximum Gasteiger partial charge on any atom is 0.127 e. The first-order valence-electron chi connectivity index (χ1n) is 6.69. The van der Waals surface area contributed by atoms with Gasteiger partial charge in [-0.2, -0.15) is 5.26 Å². The maximum absolute atomic E-state index is 8.91. The SMILES string of the molecule is Cc1nc(CCOc2cccc(C(C)C)c2)sc1C#N. The van der Waals surface area contributed by atoms with Crippen LogP contribution in [0, 0.1) is 18.3 Å². The van der Waals surface area contributed by atoms with Gasteiger partial charge in [0.15, 0.2) is 0 Å². The third-order valence-electron chi connectivity index (χ3n) is 3.05. The van der Waals surface area contributed by atoms with Gasteiger partial charge < -0.3 is 4.74 Å². The second kappa shape index (κ2) is 6.53. The van der Waals surface area contributed by atoms with Crippen LogP contribution < -0.4 is 4.74 Å². The molecule has 3 nitrogen and oxygen atoms in total. The number of hydrogen-bond donors (Lipinski definition) is 0. The smallest absolute Gasteiger partial charge is 0.127 e. The first kappa shape index (κ1) is 14.5. The van der Waals surface area contributed by atoms with Crippen LogP contribution in [-0.2, 0) is 6.42 Å². The van der Waals surface area contributed by atoms with Gasteiger partial charge in [-0.05, 0) is 30.5 Å². The first-order chi connectivity index (χ1) is 9.60. The maximum atomic E-state index is 8.91. The summed E-state index contributed by atoms with van der Waals surface area (Å²) in [5.41, 5.74) is 2.09. The molecule has 0 fully saturated rings. The van der Waals surface area contributed by atoms with Crippen molar-refractivity contribution in [3.63, 3.8) is 0 Å². The van der Waals surface area contributed by atoms with Gasteiger partial charge in [0, 0.05) is 6.42 Å². The molecule has 0 bridgehead atoms. The van der Waals surface area contributed by atoms with E-state index in [1.807, 2.05) is 19.1 Å². The van der Waals surface area contributed by atoms with E-state index in [4.69, 9.17) is 10.00 Å². The molecule has 0 unspecified atom stereocenters. The molecule has 0 aliphatic rings. The lowest BCUT2D eigenvalue weighted by molar-refractivity contribution is 0.321. The Morgan fingerprint density at radius 3 is 2.85 bits per heavy atom. The molecule has 0 saturated carbocycles. The molecule has 2 aromatic rings. The lowest BCUT2D eigenvalue weighted by Crippen LogP contribution is -2.01. The Bertz CT molecular complexity index is 626. The molecule has 0 atom stereocenters. The number of aromatic nitrogens is 1. The molecule has 20 heavy (non-hydrogen) atoms. The highest BCUT2D eigenvalue weighted by Gasteiger charge is 2.07. The van der Waals surface area contributed by atoms with Crippen LogP contribution in [0.5, 0.6) is 5.75 Å². The number of nitriles is 1. The molecule has 1 aromatic carbocycles. The van der Waals surface area contributed by atoms with Crippen molar-refractivity contribution in [1.82, 2.24) is 4.98 Å². The summed E-state index contributed by atoms with van der Waals surface area (Å²) in [5, 5.41) is 9.86. The highest BCUT2D eigenvalue weighted by Crippen LogP contribution is 2.21. The van der Waals surface area contributed by atoms with E-state index < -0.39 is 0 Å². The summed E-state index contributed by atoms with van der Waals surface area (Å²) in [7, 11) is 0. The van der Waals surface area contributed by atoms with Gasteiger partial charge in [-0.1, -0.05) is 26.0 Å². The topological polar surface area (TPSA) is 45.9 Å². The standard InChI is InChI=1S/C16H18N2OS/c1-11(2)13-5-4-6-14(9-13)19-8-7-16-18-12(3)15(10-17)20-16/h4-6,9,11H,7-8H2,1-3H3. The number of thiazole rings is 1. The second-order valence-electron chi connectivity index (χ2n) is 4.96. The van der Waals surface area contributed by atoms with E-state index in [-0.39, 0.29) is 0 Å². The van der Waals surface area contributed by atoms with Gasteiger partial charge in [-0.25, -0.2) is 4.98 Å². The minimum atomic E-state index is 0.498. The van der Waals surface area contributed by atoms with Crippen LogP contribution in [0.2, 0.25) is 0 Å². The summed E-state index contributed by atoms with van der Waals surface area (Å²) >= 11 is 1.45. The van der Waals surface area contributed by atoms with Gasteiger partial charge in [0.05, 0.1) is 17.3 Å². The summed E-state index contributed by atoms with van der Waals surface area (Å²) in [6.07, 6.45) is 0.735. The van der Waals surface area contributed by atoms with Crippen LogP contribution in [0.25, 0.3) is 0 Å². The van der Waals surface area contributed by atoms with Crippen molar-refractivity contribution in [2.75, 3.05) is 6.61 Å². The minimum Gasteiger partial charge on any atom is -0.493 e. The normalized spacial score (nSPS) is 10.6. The Kier molecular flexibility index (Phi) is 4.75. The fraction of sp³-hybridized carbons (Fsp3) is 0.375. The third-order valence-corrected chi connectivity index (χ3v) is 4.17. The van der Waals surface area contributed by atoms with Crippen molar-refractivity contribution in [3.05, 3.63) is 45.4 Å². The highest BCUT2D eigenvalue weighted by molar-refractivity contribution is 7.12. The molecule has 0 saturated heterocycles. The first-order valence-corrected chi connectivity index (χ1v) is 7.51. The van der Waals surface area contributed by atoms with E-state index in [0.717, 1.165) is 22.9 Å². The van der Waals surface area contributed by atoms with Crippen LogP contribution >= 0.6 is 11.3 Å². The minimum absolute atomic E-state index is 0.498. The van der Waals surface area contributed by atoms with E-state index >= 15 is 0 Å². The lowest BCUT2D eigenvalue weighted by atomic mass is 10.0. The zero-order chi connectivity index (χ0) is 14.5. The fourth-order valence-corrected chi connectivity index (χ4v) is 2.73.